The topological polar surface area (TPSA) is 99.7 Å². The lowest BCUT2D eigenvalue weighted by Gasteiger charge is -2.31. The number of carbonyl (C=O) groups excluding carboxylic acids is 2. The minimum Gasteiger partial charge on any atom is -0.343 e. The summed E-state index contributed by atoms with van der Waals surface area (Å²) in [6.45, 7) is 3.09. The number of amides is 2. The van der Waals surface area contributed by atoms with E-state index >= 15 is 0 Å². The van der Waals surface area contributed by atoms with E-state index in [0.717, 1.165) is 12.1 Å². The molecule has 0 bridgehead atoms. The van der Waals surface area contributed by atoms with Crippen molar-refractivity contribution in [1.29, 1.82) is 0 Å². The molecule has 0 aliphatic carbocycles. The number of nitrogens with one attached hydrogen (secondary N) is 1. The highest BCUT2D eigenvalue weighted by Crippen LogP contribution is 2.19. The van der Waals surface area contributed by atoms with Crippen molar-refractivity contribution in [3.8, 4) is 0 Å². The van der Waals surface area contributed by atoms with Gasteiger partial charge in [-0.1, -0.05) is 0 Å². The number of hydrogen-bond donors (Lipinski definition) is 1. The monoisotopic (exact) mass is 394 g/mol. The van der Waals surface area contributed by atoms with Gasteiger partial charge in [0.15, 0.2) is 5.13 Å². The molecule has 0 saturated carbocycles. The first-order valence-corrected chi connectivity index (χ1v) is 10.2. The summed E-state index contributed by atoms with van der Waals surface area (Å²) in [7, 11) is -3.64. The SMILES string of the molecule is Cc1csc(NC(=O)c2ccc(S(=O)(=O)N3CCN(C=O)CC3)cc2)n1. The Morgan fingerprint density at radius 3 is 2.38 bits per heavy atom. The number of thiazole rings is 1. The van der Waals surface area contributed by atoms with Crippen molar-refractivity contribution in [3.05, 3.63) is 40.9 Å². The highest BCUT2D eigenvalue weighted by molar-refractivity contribution is 7.89. The third kappa shape index (κ3) is 3.92. The van der Waals surface area contributed by atoms with Crippen LogP contribution in [0.25, 0.3) is 0 Å². The van der Waals surface area contributed by atoms with Crippen molar-refractivity contribution in [2.24, 2.45) is 0 Å². The molecule has 0 unspecified atom stereocenters. The van der Waals surface area contributed by atoms with E-state index < -0.39 is 10.0 Å². The molecule has 0 spiro atoms. The Bertz CT molecular complexity index is 901. The second-order valence-electron chi connectivity index (χ2n) is 5.82. The predicted octanol–water partition coefficient (Wildman–Crippen LogP) is 1.17. The Kier molecular flexibility index (Phi) is 5.35. The summed E-state index contributed by atoms with van der Waals surface area (Å²) in [5.41, 5.74) is 1.17. The number of benzene rings is 1. The van der Waals surface area contributed by atoms with Crippen molar-refractivity contribution in [1.82, 2.24) is 14.2 Å². The minimum atomic E-state index is -3.64. The van der Waals surface area contributed by atoms with Crippen LogP contribution < -0.4 is 5.32 Å². The van der Waals surface area contributed by atoms with E-state index in [1.54, 1.807) is 4.90 Å². The highest BCUT2D eigenvalue weighted by Gasteiger charge is 2.28. The van der Waals surface area contributed by atoms with Gasteiger partial charge in [0.1, 0.15) is 0 Å². The number of nitrogens with zero attached hydrogens (tertiary/aromatic N) is 3. The summed E-state index contributed by atoms with van der Waals surface area (Å²) in [5.74, 6) is -0.345. The van der Waals surface area contributed by atoms with E-state index in [9.17, 15) is 18.0 Å². The van der Waals surface area contributed by atoms with Gasteiger partial charge < -0.3 is 4.90 Å². The summed E-state index contributed by atoms with van der Waals surface area (Å²) < 4.78 is 26.7. The van der Waals surface area contributed by atoms with Gasteiger partial charge in [-0.3, -0.25) is 14.9 Å². The summed E-state index contributed by atoms with van der Waals surface area (Å²) in [6, 6.07) is 5.79. The van der Waals surface area contributed by atoms with Gasteiger partial charge in [0, 0.05) is 37.1 Å². The molecule has 1 aliphatic heterocycles. The second-order valence-corrected chi connectivity index (χ2v) is 8.61. The molecule has 26 heavy (non-hydrogen) atoms. The molecular formula is C16H18N4O4S2. The Hall–Kier alpha value is -2.30. The zero-order valence-electron chi connectivity index (χ0n) is 14.1. The van der Waals surface area contributed by atoms with Gasteiger partial charge in [-0.2, -0.15) is 4.31 Å². The van der Waals surface area contributed by atoms with Gasteiger partial charge in [-0.25, -0.2) is 13.4 Å². The van der Waals surface area contributed by atoms with Gasteiger partial charge in [0.2, 0.25) is 16.4 Å². The molecule has 2 heterocycles. The molecule has 1 saturated heterocycles. The zero-order valence-corrected chi connectivity index (χ0v) is 15.7. The molecule has 3 rings (SSSR count). The van der Waals surface area contributed by atoms with Crippen LogP contribution in [0.4, 0.5) is 5.13 Å². The lowest BCUT2D eigenvalue weighted by molar-refractivity contribution is -0.119. The summed E-state index contributed by atoms with van der Waals surface area (Å²) >= 11 is 1.33. The highest BCUT2D eigenvalue weighted by atomic mass is 32.2. The quantitative estimate of drug-likeness (QED) is 0.768. The van der Waals surface area contributed by atoms with Gasteiger partial charge in [0.05, 0.1) is 10.6 Å². The molecule has 2 amide bonds. The van der Waals surface area contributed by atoms with Crippen LogP contribution in [0.2, 0.25) is 0 Å². The van der Waals surface area contributed by atoms with Crippen LogP contribution in [0.1, 0.15) is 16.1 Å². The molecule has 0 atom stereocenters. The van der Waals surface area contributed by atoms with Gasteiger partial charge in [0.25, 0.3) is 5.91 Å². The molecular weight excluding hydrogens is 376 g/mol. The largest absolute Gasteiger partial charge is 0.343 e. The molecule has 10 heteroatoms. The number of aryl methyl sites for hydroxylation is 1. The molecule has 0 radical (unpaired) electrons. The molecule has 8 nitrogen and oxygen atoms in total. The van der Waals surface area contributed by atoms with E-state index in [0.29, 0.717) is 23.8 Å². The number of aromatic nitrogens is 1. The van der Waals surface area contributed by atoms with Crippen molar-refractivity contribution < 1.29 is 18.0 Å². The van der Waals surface area contributed by atoms with Crippen LogP contribution in [-0.2, 0) is 14.8 Å². The molecule has 1 aromatic heterocycles. The molecule has 1 aliphatic rings. The van der Waals surface area contributed by atoms with Gasteiger partial charge >= 0.3 is 0 Å². The lowest BCUT2D eigenvalue weighted by Crippen LogP contribution is -2.47. The van der Waals surface area contributed by atoms with Crippen molar-refractivity contribution in [2.45, 2.75) is 11.8 Å². The number of sulfonamides is 1. The fraction of sp³-hybridized carbons (Fsp3) is 0.312. The molecule has 1 N–H and O–H groups in total. The minimum absolute atomic E-state index is 0.124. The Balaban J connectivity index is 1.70. The first-order chi connectivity index (χ1) is 12.4. The maximum absolute atomic E-state index is 12.7. The number of hydrogen-bond acceptors (Lipinski definition) is 6. The van der Waals surface area contributed by atoms with Crippen LogP contribution in [-0.4, -0.2) is 61.1 Å². The van der Waals surface area contributed by atoms with Crippen LogP contribution in [0.5, 0.6) is 0 Å². The summed E-state index contributed by atoms with van der Waals surface area (Å²) in [6.07, 6.45) is 0.724. The van der Waals surface area contributed by atoms with E-state index in [4.69, 9.17) is 0 Å². The normalized spacial score (nSPS) is 15.7. The Labute approximate surface area is 155 Å². The Morgan fingerprint density at radius 1 is 1.19 bits per heavy atom. The van der Waals surface area contributed by atoms with Crippen LogP contribution in [0.15, 0.2) is 34.5 Å². The third-order valence-electron chi connectivity index (χ3n) is 4.02. The fourth-order valence-corrected chi connectivity index (χ4v) is 4.66. The smallest absolute Gasteiger partial charge is 0.257 e. The zero-order chi connectivity index (χ0) is 18.7. The summed E-state index contributed by atoms with van der Waals surface area (Å²) in [5, 5.41) is 5.01. The first kappa shape index (κ1) is 18.5. The van der Waals surface area contributed by atoms with Crippen LogP contribution in [0, 0.1) is 6.92 Å². The number of carbonyl (C=O) groups is 2. The van der Waals surface area contributed by atoms with E-state index in [-0.39, 0.29) is 23.9 Å². The number of anilines is 1. The second kappa shape index (κ2) is 7.52. The van der Waals surface area contributed by atoms with E-state index in [1.165, 1.54) is 39.9 Å². The fourth-order valence-electron chi connectivity index (χ4n) is 2.56. The average Bonchev–Trinajstić information content (AvgIpc) is 3.06. The average molecular weight is 394 g/mol. The van der Waals surface area contributed by atoms with Crippen LogP contribution >= 0.6 is 11.3 Å². The molecule has 2 aromatic rings. The lowest BCUT2D eigenvalue weighted by atomic mass is 10.2. The van der Waals surface area contributed by atoms with Crippen molar-refractivity contribution >= 4 is 38.8 Å². The molecule has 1 fully saturated rings. The van der Waals surface area contributed by atoms with E-state index in [2.05, 4.69) is 10.3 Å². The predicted molar refractivity (Wildman–Crippen MR) is 97.6 cm³/mol. The van der Waals surface area contributed by atoms with E-state index in [1.807, 2.05) is 12.3 Å². The van der Waals surface area contributed by atoms with Crippen molar-refractivity contribution in [3.63, 3.8) is 0 Å². The Morgan fingerprint density at radius 2 is 1.85 bits per heavy atom. The van der Waals surface area contributed by atoms with Gasteiger partial charge in [-0.15, -0.1) is 11.3 Å². The maximum Gasteiger partial charge on any atom is 0.257 e. The van der Waals surface area contributed by atoms with Crippen molar-refractivity contribution in [2.75, 3.05) is 31.5 Å². The molecule has 1 aromatic carbocycles. The first-order valence-electron chi connectivity index (χ1n) is 7.93. The van der Waals surface area contributed by atoms with Crippen LogP contribution in [0.3, 0.4) is 0 Å². The van der Waals surface area contributed by atoms with Gasteiger partial charge in [-0.05, 0) is 31.2 Å². The maximum atomic E-state index is 12.7. The third-order valence-corrected chi connectivity index (χ3v) is 6.80. The standard InChI is InChI=1S/C16H18N4O4S2/c1-12-10-25-16(17-12)18-15(22)13-2-4-14(5-3-13)26(23,24)20-8-6-19(11-21)7-9-20/h2-5,10-11H,6-9H2,1H3,(H,17,18,22). The number of rotatable bonds is 5. The molecule has 138 valence electrons. The number of piperazine rings is 1. The summed E-state index contributed by atoms with van der Waals surface area (Å²) in [4.78, 5) is 28.8.